The maximum absolute atomic E-state index is 12.0. The smallest absolute Gasteiger partial charge is 0.269 e. The zero-order valence-electron chi connectivity index (χ0n) is 12.4. The van der Waals surface area contributed by atoms with Crippen molar-refractivity contribution in [2.45, 2.75) is 33.7 Å². The van der Waals surface area contributed by atoms with Gasteiger partial charge in [-0.1, -0.05) is 19.1 Å². The van der Waals surface area contributed by atoms with Crippen molar-refractivity contribution in [3.63, 3.8) is 0 Å². The minimum Gasteiger partial charge on any atom is -0.273 e. The van der Waals surface area contributed by atoms with Gasteiger partial charge in [0, 0.05) is 18.5 Å². The number of benzene rings is 1. The Morgan fingerprint density at radius 2 is 2.05 bits per heavy atom. The van der Waals surface area contributed by atoms with Gasteiger partial charge in [-0.2, -0.15) is 0 Å². The number of hydrazine groups is 1. The summed E-state index contributed by atoms with van der Waals surface area (Å²) in [6, 6.07) is 5.13. The highest BCUT2D eigenvalue weighted by atomic mass is 16.2. The van der Waals surface area contributed by atoms with Gasteiger partial charge < -0.3 is 0 Å². The molecule has 0 aliphatic carbocycles. The lowest BCUT2D eigenvalue weighted by Crippen LogP contribution is -2.42. The van der Waals surface area contributed by atoms with Crippen LogP contribution in [0, 0.1) is 5.92 Å². The number of nitrogens with zero attached hydrogens (tertiary/aromatic N) is 3. The van der Waals surface area contributed by atoms with Gasteiger partial charge in [-0.05, 0) is 31.0 Å². The fourth-order valence-electron chi connectivity index (χ4n) is 1.97. The van der Waals surface area contributed by atoms with Crippen LogP contribution >= 0.6 is 0 Å². The van der Waals surface area contributed by atoms with E-state index in [0.717, 1.165) is 5.52 Å². The van der Waals surface area contributed by atoms with Gasteiger partial charge >= 0.3 is 0 Å². The Balaban J connectivity index is 2.04. The largest absolute Gasteiger partial charge is 0.273 e. The molecule has 2 N–H and O–H groups in total. The molecule has 7 nitrogen and oxygen atoms in total. The van der Waals surface area contributed by atoms with E-state index in [1.54, 1.807) is 22.9 Å². The Hall–Kier alpha value is -2.44. The maximum atomic E-state index is 12.0. The third-order valence-electron chi connectivity index (χ3n) is 2.98. The minimum absolute atomic E-state index is 0.212. The highest BCUT2D eigenvalue weighted by Crippen LogP contribution is 2.13. The molecule has 1 heterocycles. The van der Waals surface area contributed by atoms with Crippen LogP contribution in [-0.4, -0.2) is 26.8 Å². The Labute approximate surface area is 122 Å². The van der Waals surface area contributed by atoms with Crippen LogP contribution in [0.15, 0.2) is 18.2 Å². The van der Waals surface area contributed by atoms with Gasteiger partial charge in [0.2, 0.25) is 5.91 Å². The molecule has 0 saturated carbocycles. The number of carbonyl (C=O) groups excluding carboxylic acids is 2. The zero-order valence-corrected chi connectivity index (χ0v) is 12.4. The van der Waals surface area contributed by atoms with Gasteiger partial charge in [-0.3, -0.25) is 20.4 Å². The number of hydrogen-bond donors (Lipinski definition) is 2. The number of rotatable bonds is 4. The average Bonchev–Trinajstić information content (AvgIpc) is 2.86. The Morgan fingerprint density at radius 3 is 2.71 bits per heavy atom. The van der Waals surface area contributed by atoms with E-state index >= 15 is 0 Å². The van der Waals surface area contributed by atoms with Crippen molar-refractivity contribution in [3.05, 3.63) is 23.8 Å². The van der Waals surface area contributed by atoms with Crippen LogP contribution < -0.4 is 10.9 Å². The summed E-state index contributed by atoms with van der Waals surface area (Å²) in [7, 11) is 0. The molecule has 2 amide bonds. The number of hydrogen-bond acceptors (Lipinski definition) is 4. The second kappa shape index (κ2) is 6.34. The van der Waals surface area contributed by atoms with E-state index < -0.39 is 0 Å². The molecule has 0 spiro atoms. The molecule has 2 aromatic rings. The zero-order chi connectivity index (χ0) is 15.4. The normalized spacial score (nSPS) is 10.9. The topological polar surface area (TPSA) is 88.9 Å². The first-order chi connectivity index (χ1) is 10.0. The number of nitrogens with one attached hydrogen (secondary N) is 2. The summed E-state index contributed by atoms with van der Waals surface area (Å²) in [5, 5.41) is 8.00. The quantitative estimate of drug-likeness (QED) is 0.829. The van der Waals surface area contributed by atoms with Crippen molar-refractivity contribution in [3.8, 4) is 0 Å². The summed E-state index contributed by atoms with van der Waals surface area (Å²) in [6.45, 7) is 6.56. The van der Waals surface area contributed by atoms with Crippen molar-refractivity contribution in [2.75, 3.05) is 0 Å². The average molecular weight is 289 g/mol. The highest BCUT2D eigenvalue weighted by Gasteiger charge is 2.11. The van der Waals surface area contributed by atoms with Crippen molar-refractivity contribution in [2.24, 2.45) is 5.92 Å². The van der Waals surface area contributed by atoms with Gasteiger partial charge in [-0.15, -0.1) is 5.10 Å². The second-order valence-corrected chi connectivity index (χ2v) is 5.21. The van der Waals surface area contributed by atoms with E-state index in [1.165, 1.54) is 0 Å². The third-order valence-corrected chi connectivity index (χ3v) is 2.98. The van der Waals surface area contributed by atoms with Crippen LogP contribution in [0.25, 0.3) is 11.0 Å². The van der Waals surface area contributed by atoms with Gasteiger partial charge in [0.1, 0.15) is 5.52 Å². The Bertz CT molecular complexity index is 662. The number of aryl methyl sites for hydroxylation is 1. The molecule has 0 unspecified atom stereocenters. The number of aromatic nitrogens is 3. The highest BCUT2D eigenvalue weighted by molar-refractivity contribution is 5.98. The summed E-state index contributed by atoms with van der Waals surface area (Å²) in [5.41, 5.74) is 6.74. The molecule has 0 fully saturated rings. The number of amides is 2. The van der Waals surface area contributed by atoms with E-state index in [4.69, 9.17) is 0 Å². The van der Waals surface area contributed by atoms with Crippen molar-refractivity contribution in [1.29, 1.82) is 0 Å². The lowest BCUT2D eigenvalue weighted by atomic mass is 10.1. The Kier molecular flexibility index (Phi) is 4.52. The summed E-state index contributed by atoms with van der Waals surface area (Å²) >= 11 is 0. The van der Waals surface area contributed by atoms with E-state index in [0.29, 0.717) is 24.0 Å². The van der Waals surface area contributed by atoms with Gasteiger partial charge in [0.25, 0.3) is 5.91 Å². The summed E-state index contributed by atoms with van der Waals surface area (Å²) < 4.78 is 1.75. The second-order valence-electron chi connectivity index (χ2n) is 5.21. The molecule has 0 radical (unpaired) electrons. The molecule has 0 aliphatic heterocycles. The summed E-state index contributed by atoms with van der Waals surface area (Å²) in [6.07, 6.45) is 0.365. The van der Waals surface area contributed by atoms with Crippen molar-refractivity contribution >= 4 is 22.8 Å². The Morgan fingerprint density at radius 1 is 1.29 bits per heavy atom. The first-order valence-corrected chi connectivity index (χ1v) is 6.93. The summed E-state index contributed by atoms with van der Waals surface area (Å²) in [4.78, 5) is 23.5. The third kappa shape index (κ3) is 3.56. The van der Waals surface area contributed by atoms with E-state index in [-0.39, 0.29) is 17.7 Å². The molecule has 2 rings (SSSR count). The van der Waals surface area contributed by atoms with Crippen molar-refractivity contribution < 1.29 is 9.59 Å². The number of carbonyl (C=O) groups is 2. The molecule has 0 saturated heterocycles. The molecular weight excluding hydrogens is 270 g/mol. The van der Waals surface area contributed by atoms with E-state index in [2.05, 4.69) is 21.2 Å². The van der Waals surface area contributed by atoms with Crippen LogP contribution in [0.4, 0.5) is 0 Å². The SMILES string of the molecule is CCn1nnc2cc(C(=O)NNC(=O)CC(C)C)ccc21. The fourth-order valence-corrected chi connectivity index (χ4v) is 1.97. The lowest BCUT2D eigenvalue weighted by molar-refractivity contribution is -0.122. The van der Waals surface area contributed by atoms with Gasteiger partial charge in [0.05, 0.1) is 5.52 Å². The van der Waals surface area contributed by atoms with Crippen LogP contribution in [-0.2, 0) is 11.3 Å². The predicted octanol–water partition coefficient (Wildman–Crippen LogP) is 1.26. The molecule has 0 bridgehead atoms. The fraction of sp³-hybridized carbons (Fsp3) is 0.429. The monoisotopic (exact) mass is 289 g/mol. The van der Waals surface area contributed by atoms with E-state index in [1.807, 2.05) is 20.8 Å². The molecular formula is C14H19N5O2. The molecule has 1 aromatic heterocycles. The minimum atomic E-state index is -0.375. The summed E-state index contributed by atoms with van der Waals surface area (Å²) in [5.74, 6) is -0.348. The lowest BCUT2D eigenvalue weighted by Gasteiger charge is -2.08. The molecule has 112 valence electrons. The van der Waals surface area contributed by atoms with Crippen LogP contribution in [0.3, 0.4) is 0 Å². The van der Waals surface area contributed by atoms with Gasteiger partial charge in [-0.25, -0.2) is 4.68 Å². The molecule has 0 aliphatic rings. The van der Waals surface area contributed by atoms with Crippen LogP contribution in [0.2, 0.25) is 0 Å². The van der Waals surface area contributed by atoms with Gasteiger partial charge in [0.15, 0.2) is 0 Å². The van der Waals surface area contributed by atoms with E-state index in [9.17, 15) is 9.59 Å². The first-order valence-electron chi connectivity index (χ1n) is 6.93. The van der Waals surface area contributed by atoms with Crippen LogP contribution in [0.5, 0.6) is 0 Å². The molecule has 0 atom stereocenters. The van der Waals surface area contributed by atoms with Crippen LogP contribution in [0.1, 0.15) is 37.6 Å². The molecule has 7 heteroatoms. The maximum Gasteiger partial charge on any atom is 0.269 e. The standard InChI is InChI=1S/C14H19N5O2/c1-4-19-12-6-5-10(8-11(12)15-18-19)14(21)17-16-13(20)7-9(2)3/h5-6,8-9H,4,7H2,1-3H3,(H,16,20)(H,17,21). The van der Waals surface area contributed by atoms with Crippen molar-refractivity contribution in [1.82, 2.24) is 25.8 Å². The molecule has 1 aromatic carbocycles. The first kappa shape index (κ1) is 15.0. The molecule has 21 heavy (non-hydrogen) atoms. The number of fused-ring (bicyclic) bond motifs is 1. The predicted molar refractivity (Wildman–Crippen MR) is 78.3 cm³/mol.